The van der Waals surface area contributed by atoms with Gasteiger partial charge in [-0.1, -0.05) is 72.4 Å². The van der Waals surface area contributed by atoms with Crippen LogP contribution in [0.1, 0.15) is 66.8 Å². The molecule has 45 heavy (non-hydrogen) atoms. The Labute approximate surface area is 267 Å². The average Bonchev–Trinajstić information content (AvgIpc) is 3.09. The van der Waals surface area contributed by atoms with Gasteiger partial charge in [-0.2, -0.15) is 0 Å². The lowest BCUT2D eigenvalue weighted by Gasteiger charge is -2.36. The van der Waals surface area contributed by atoms with Gasteiger partial charge in [-0.25, -0.2) is 9.97 Å². The number of carboxylic acid groups (broad SMARTS) is 1. The molecule has 3 N–H and O–H groups in total. The number of ether oxygens (including phenoxy) is 2. The number of carbonyl (C=O) groups is 2. The maximum absolute atomic E-state index is 12.2. The largest absolute Gasteiger partial charge is 0.481 e. The molecule has 0 bridgehead atoms. The Balaban J connectivity index is 1.28. The van der Waals surface area contributed by atoms with Crippen molar-refractivity contribution in [3.8, 4) is 11.1 Å². The number of nitrogens with one attached hydrogen (secondary N) is 1. The van der Waals surface area contributed by atoms with Gasteiger partial charge in [-0.15, -0.1) is 0 Å². The molecule has 5 rings (SSSR count). The second kappa shape index (κ2) is 16.3. The maximum Gasteiger partial charge on any atom is 0.303 e. The van der Waals surface area contributed by atoms with Crippen LogP contribution >= 0.6 is 11.8 Å². The highest BCUT2D eigenvalue weighted by Gasteiger charge is 2.32. The van der Waals surface area contributed by atoms with Crippen LogP contribution < -0.4 is 5.32 Å². The first-order chi connectivity index (χ1) is 22.0. The average molecular weight is 628 g/mol. The van der Waals surface area contributed by atoms with E-state index in [0.717, 1.165) is 33.4 Å². The summed E-state index contributed by atoms with van der Waals surface area (Å²) in [6, 6.07) is 25.8. The smallest absolute Gasteiger partial charge is 0.303 e. The van der Waals surface area contributed by atoms with E-state index in [1.807, 2.05) is 60.7 Å². The van der Waals surface area contributed by atoms with E-state index < -0.39 is 12.3 Å². The second-order valence-corrected chi connectivity index (χ2v) is 11.9. The number of carbonyl (C=O) groups excluding carboxylic acids is 1. The first-order valence-corrected chi connectivity index (χ1v) is 16.0. The van der Waals surface area contributed by atoms with Crippen molar-refractivity contribution >= 4 is 23.6 Å². The lowest BCUT2D eigenvalue weighted by molar-refractivity contribution is -0.245. The van der Waals surface area contributed by atoms with Gasteiger partial charge in [0.1, 0.15) is 0 Å². The molecule has 1 amide bonds. The molecule has 234 valence electrons. The fourth-order valence-electron chi connectivity index (χ4n) is 5.13. The standard InChI is InChI=1S/C35H37N3O6S/c39-22-24-12-14-26(15-13-24)31-20-30(23-45-35-36-16-5-17-37-35)43-34(44-31)29-9-4-8-28(19-29)27-7-3-6-25(18-27)21-38-32(40)10-1-2-11-33(41)42/h3-9,12-19,30-31,34,39H,1-2,10-11,20-23H2,(H,38,40)(H,41,42). The van der Waals surface area contributed by atoms with E-state index in [1.54, 1.807) is 30.2 Å². The van der Waals surface area contributed by atoms with Gasteiger partial charge in [-0.05, 0) is 58.9 Å². The number of nitrogens with zero attached hydrogens (tertiary/aromatic N) is 2. The molecule has 0 spiro atoms. The van der Waals surface area contributed by atoms with Gasteiger partial charge in [0.25, 0.3) is 0 Å². The summed E-state index contributed by atoms with van der Waals surface area (Å²) in [5.74, 6) is -0.267. The number of hydrogen-bond donors (Lipinski definition) is 3. The molecular formula is C35H37N3O6S. The van der Waals surface area contributed by atoms with E-state index in [0.29, 0.717) is 43.1 Å². The third-order valence-electron chi connectivity index (χ3n) is 7.51. The van der Waals surface area contributed by atoms with Crippen LogP contribution in [0.15, 0.2) is 96.4 Å². The van der Waals surface area contributed by atoms with Crippen LogP contribution in [0.4, 0.5) is 0 Å². The van der Waals surface area contributed by atoms with Crippen molar-refractivity contribution in [1.29, 1.82) is 0 Å². The van der Waals surface area contributed by atoms with Crippen LogP contribution in [-0.2, 0) is 32.2 Å². The summed E-state index contributed by atoms with van der Waals surface area (Å²) in [7, 11) is 0. The highest BCUT2D eigenvalue weighted by Crippen LogP contribution is 2.40. The number of carboxylic acids is 1. The highest BCUT2D eigenvalue weighted by atomic mass is 32.2. The number of unbranched alkanes of at least 4 members (excludes halogenated alkanes) is 1. The number of benzene rings is 3. The normalized spacial score (nSPS) is 17.9. The number of rotatable bonds is 14. The summed E-state index contributed by atoms with van der Waals surface area (Å²) in [4.78, 5) is 31.6. The SMILES string of the molecule is O=C(O)CCCCC(=O)NCc1cccc(-c2cccc(C3OC(CSc4ncccn4)CC(c4ccc(CO)cc4)O3)c2)c1. The van der Waals surface area contributed by atoms with E-state index >= 15 is 0 Å². The highest BCUT2D eigenvalue weighted by molar-refractivity contribution is 7.99. The zero-order chi connectivity index (χ0) is 31.4. The van der Waals surface area contributed by atoms with Crippen molar-refractivity contribution in [2.75, 3.05) is 5.75 Å². The Kier molecular flexibility index (Phi) is 11.7. The maximum atomic E-state index is 12.2. The topological polar surface area (TPSA) is 131 Å². The number of aliphatic hydroxyl groups is 1. The van der Waals surface area contributed by atoms with Gasteiger partial charge in [0.05, 0.1) is 18.8 Å². The molecule has 3 aromatic carbocycles. The second-order valence-electron chi connectivity index (χ2n) is 10.9. The molecule has 2 heterocycles. The number of hydrogen-bond acceptors (Lipinski definition) is 8. The van der Waals surface area contributed by atoms with Crippen molar-refractivity contribution in [1.82, 2.24) is 15.3 Å². The van der Waals surface area contributed by atoms with Crippen molar-refractivity contribution in [2.24, 2.45) is 0 Å². The Hall–Kier alpha value is -4.09. The van der Waals surface area contributed by atoms with Crippen molar-refractivity contribution in [3.63, 3.8) is 0 Å². The molecule has 1 saturated heterocycles. The molecule has 10 heteroatoms. The van der Waals surface area contributed by atoms with E-state index in [9.17, 15) is 14.7 Å². The quantitative estimate of drug-likeness (QED) is 0.0845. The first-order valence-electron chi connectivity index (χ1n) is 15.0. The van der Waals surface area contributed by atoms with Crippen molar-refractivity contribution < 1.29 is 29.3 Å². The predicted octanol–water partition coefficient (Wildman–Crippen LogP) is 6.23. The zero-order valence-electron chi connectivity index (χ0n) is 24.9. The molecule has 0 saturated carbocycles. The molecular weight excluding hydrogens is 590 g/mol. The first kappa shape index (κ1) is 32.3. The molecule has 1 aromatic heterocycles. The number of aliphatic hydroxyl groups excluding tert-OH is 1. The molecule has 9 nitrogen and oxygen atoms in total. The number of aliphatic carboxylic acids is 1. The Morgan fingerprint density at radius 2 is 1.58 bits per heavy atom. The van der Waals surface area contributed by atoms with E-state index in [2.05, 4.69) is 27.4 Å². The van der Waals surface area contributed by atoms with E-state index in [-0.39, 0.29) is 31.1 Å². The molecule has 0 radical (unpaired) electrons. The minimum absolute atomic E-state index is 0.0111. The lowest BCUT2D eigenvalue weighted by atomic mass is 9.99. The van der Waals surface area contributed by atoms with E-state index in [4.69, 9.17) is 14.6 Å². The minimum Gasteiger partial charge on any atom is -0.481 e. The van der Waals surface area contributed by atoms with Crippen molar-refractivity contribution in [3.05, 3.63) is 114 Å². The molecule has 1 aliphatic heterocycles. The monoisotopic (exact) mass is 627 g/mol. The third-order valence-corrected chi connectivity index (χ3v) is 8.52. The fourth-order valence-corrected chi connectivity index (χ4v) is 5.95. The summed E-state index contributed by atoms with van der Waals surface area (Å²) >= 11 is 1.55. The van der Waals surface area contributed by atoms with Crippen LogP contribution in [0.3, 0.4) is 0 Å². The Morgan fingerprint density at radius 1 is 0.844 bits per heavy atom. The predicted molar refractivity (Wildman–Crippen MR) is 171 cm³/mol. The number of aromatic nitrogens is 2. The van der Waals surface area contributed by atoms with Gasteiger partial charge in [0.15, 0.2) is 11.4 Å². The van der Waals surface area contributed by atoms with Crippen LogP contribution in [0.5, 0.6) is 0 Å². The lowest BCUT2D eigenvalue weighted by Crippen LogP contribution is -2.31. The van der Waals surface area contributed by atoms with Crippen molar-refractivity contribution in [2.45, 2.75) is 68.9 Å². The van der Waals surface area contributed by atoms with Gasteiger partial charge >= 0.3 is 5.97 Å². The minimum atomic E-state index is -0.844. The fraction of sp³-hybridized carbons (Fsp3) is 0.314. The number of amides is 1. The number of thioether (sulfide) groups is 1. The molecule has 0 aliphatic carbocycles. The van der Waals surface area contributed by atoms with Gasteiger partial charge in [0, 0.05) is 49.5 Å². The molecule has 3 atom stereocenters. The molecule has 1 fully saturated rings. The Bertz CT molecular complexity index is 1550. The van der Waals surface area contributed by atoms with Gasteiger partial charge in [-0.3, -0.25) is 9.59 Å². The van der Waals surface area contributed by atoms with E-state index in [1.165, 1.54) is 0 Å². The zero-order valence-corrected chi connectivity index (χ0v) is 25.7. The van der Waals surface area contributed by atoms with Crippen LogP contribution in [-0.4, -0.2) is 43.9 Å². The summed E-state index contributed by atoms with van der Waals surface area (Å²) < 4.78 is 13.0. The van der Waals surface area contributed by atoms with Crippen LogP contribution in [0, 0.1) is 0 Å². The van der Waals surface area contributed by atoms with Crippen LogP contribution in [0.2, 0.25) is 0 Å². The van der Waals surface area contributed by atoms with Crippen LogP contribution in [0.25, 0.3) is 11.1 Å². The molecule has 4 aromatic rings. The summed E-state index contributed by atoms with van der Waals surface area (Å²) in [6.07, 6.45) is 4.65. The molecule has 1 aliphatic rings. The van der Waals surface area contributed by atoms with Gasteiger partial charge in [0.2, 0.25) is 5.91 Å². The summed E-state index contributed by atoms with van der Waals surface area (Å²) in [5.41, 5.74) is 5.74. The summed E-state index contributed by atoms with van der Waals surface area (Å²) in [5, 5.41) is 21.9. The third kappa shape index (κ3) is 9.70. The summed E-state index contributed by atoms with van der Waals surface area (Å²) in [6.45, 7) is 0.379. The molecule has 3 unspecified atom stereocenters. The van der Waals surface area contributed by atoms with Gasteiger partial charge < -0.3 is 25.0 Å². The Morgan fingerprint density at radius 3 is 2.33 bits per heavy atom.